The zero-order chi connectivity index (χ0) is 44.2. The van der Waals surface area contributed by atoms with E-state index in [2.05, 4.69) is 50.3 Å². The molecule has 60 heavy (non-hydrogen) atoms. The minimum atomic E-state index is -0.876. The van der Waals surface area contributed by atoms with E-state index < -0.39 is 18.1 Å². The number of nitrogens with zero attached hydrogens (tertiary/aromatic N) is 1. The summed E-state index contributed by atoms with van der Waals surface area (Å²) in [5.41, 5.74) is 0. The Morgan fingerprint density at radius 3 is 1.28 bits per heavy atom. The molecule has 350 valence electrons. The fraction of sp³-hybridized carbons (Fsp3) is 0.827. The SMILES string of the molecule is CCCCCCC/C=C/C=C/C=C/CCCCCCCC(=O)OCC(COCCC(C(=O)O)[N+](C)(C)C)OC(=O)CCCCCCCCCCCCCCCCCCCC. The third-order valence-corrected chi connectivity index (χ3v) is 11.4. The van der Waals surface area contributed by atoms with E-state index in [0.29, 0.717) is 19.3 Å². The lowest BCUT2D eigenvalue weighted by atomic mass is 10.0. The first-order valence-electron chi connectivity index (χ1n) is 25.1. The number of carbonyl (C=O) groups is 3. The number of unbranched alkanes of at least 4 members (excludes halogenated alkanes) is 27. The van der Waals surface area contributed by atoms with Gasteiger partial charge in [0.2, 0.25) is 0 Å². The molecule has 0 aromatic heterocycles. The lowest BCUT2D eigenvalue weighted by Crippen LogP contribution is -2.50. The molecule has 0 saturated carbocycles. The van der Waals surface area contributed by atoms with Crippen LogP contribution in [0.3, 0.4) is 0 Å². The molecule has 8 heteroatoms. The Morgan fingerprint density at radius 1 is 0.500 bits per heavy atom. The van der Waals surface area contributed by atoms with E-state index in [1.165, 1.54) is 128 Å². The molecule has 2 atom stereocenters. The number of carboxylic acid groups (broad SMARTS) is 1. The molecule has 0 radical (unpaired) electrons. The number of allylic oxidation sites excluding steroid dienone is 6. The number of carboxylic acids is 1. The van der Waals surface area contributed by atoms with Gasteiger partial charge in [-0.3, -0.25) is 9.59 Å². The molecule has 0 aliphatic heterocycles. The number of ether oxygens (including phenoxy) is 3. The van der Waals surface area contributed by atoms with Crippen LogP contribution in [-0.2, 0) is 28.6 Å². The van der Waals surface area contributed by atoms with Gasteiger partial charge in [0.1, 0.15) is 6.61 Å². The summed E-state index contributed by atoms with van der Waals surface area (Å²) < 4.78 is 17.3. The molecule has 0 bridgehead atoms. The first kappa shape index (κ1) is 57.5. The van der Waals surface area contributed by atoms with Crippen LogP contribution in [0.15, 0.2) is 36.5 Å². The van der Waals surface area contributed by atoms with E-state index in [9.17, 15) is 19.5 Å². The van der Waals surface area contributed by atoms with Crippen LogP contribution in [0.4, 0.5) is 0 Å². The van der Waals surface area contributed by atoms with Crippen LogP contribution < -0.4 is 0 Å². The van der Waals surface area contributed by atoms with Gasteiger partial charge in [0, 0.05) is 19.3 Å². The van der Waals surface area contributed by atoms with Crippen LogP contribution >= 0.6 is 0 Å². The summed E-state index contributed by atoms with van der Waals surface area (Å²) in [5.74, 6) is -1.48. The molecule has 1 N–H and O–H groups in total. The van der Waals surface area contributed by atoms with Crippen molar-refractivity contribution in [3.63, 3.8) is 0 Å². The number of likely N-dealkylation sites (N-methyl/N-ethyl adjacent to an activating group) is 1. The molecular formula is C52H96NO7+. The maximum Gasteiger partial charge on any atom is 0.362 e. The van der Waals surface area contributed by atoms with Gasteiger partial charge in [-0.1, -0.05) is 204 Å². The second-order valence-corrected chi connectivity index (χ2v) is 18.1. The number of aliphatic carboxylic acids is 1. The lowest BCUT2D eigenvalue weighted by Gasteiger charge is -2.31. The highest BCUT2D eigenvalue weighted by atomic mass is 16.6. The van der Waals surface area contributed by atoms with Gasteiger partial charge >= 0.3 is 17.9 Å². The highest BCUT2D eigenvalue weighted by Crippen LogP contribution is 2.16. The fourth-order valence-corrected chi connectivity index (χ4v) is 7.45. The summed E-state index contributed by atoms with van der Waals surface area (Å²) in [6, 6.07) is -0.617. The lowest BCUT2D eigenvalue weighted by molar-refractivity contribution is -0.887. The normalized spacial score (nSPS) is 13.2. The Labute approximate surface area is 370 Å². The molecule has 0 saturated heterocycles. The third-order valence-electron chi connectivity index (χ3n) is 11.4. The first-order valence-corrected chi connectivity index (χ1v) is 25.1. The van der Waals surface area contributed by atoms with Crippen LogP contribution in [-0.4, -0.2) is 80.6 Å². The molecule has 0 aliphatic carbocycles. The second kappa shape index (κ2) is 43.2. The molecule has 2 unspecified atom stereocenters. The molecule has 0 heterocycles. The monoisotopic (exact) mass is 847 g/mol. The van der Waals surface area contributed by atoms with E-state index in [4.69, 9.17) is 14.2 Å². The molecule has 0 aromatic rings. The summed E-state index contributed by atoms with van der Waals surface area (Å²) in [6.07, 6.45) is 50.4. The minimum Gasteiger partial charge on any atom is -0.477 e. The van der Waals surface area contributed by atoms with Gasteiger partial charge < -0.3 is 23.8 Å². The van der Waals surface area contributed by atoms with Crippen molar-refractivity contribution in [1.29, 1.82) is 0 Å². The highest BCUT2D eigenvalue weighted by Gasteiger charge is 2.31. The Kier molecular flexibility index (Phi) is 41.4. The summed E-state index contributed by atoms with van der Waals surface area (Å²) in [5, 5.41) is 9.64. The summed E-state index contributed by atoms with van der Waals surface area (Å²) in [6.45, 7) is 4.73. The zero-order valence-electron chi connectivity index (χ0n) is 39.9. The van der Waals surface area contributed by atoms with Gasteiger partial charge in [-0.15, -0.1) is 0 Å². The van der Waals surface area contributed by atoms with Gasteiger partial charge in [-0.05, 0) is 38.5 Å². The summed E-state index contributed by atoms with van der Waals surface area (Å²) in [7, 11) is 5.53. The largest absolute Gasteiger partial charge is 0.477 e. The van der Waals surface area contributed by atoms with Gasteiger partial charge in [0.25, 0.3) is 0 Å². The first-order chi connectivity index (χ1) is 29.1. The average Bonchev–Trinajstić information content (AvgIpc) is 3.21. The number of rotatable bonds is 45. The van der Waals surface area contributed by atoms with Gasteiger partial charge in [0.15, 0.2) is 12.1 Å². The Morgan fingerprint density at radius 2 is 0.883 bits per heavy atom. The van der Waals surface area contributed by atoms with Crippen LogP contribution in [0.1, 0.15) is 226 Å². The van der Waals surface area contributed by atoms with Crippen LogP contribution in [0.2, 0.25) is 0 Å². The van der Waals surface area contributed by atoms with E-state index in [0.717, 1.165) is 64.2 Å². The molecule has 8 nitrogen and oxygen atoms in total. The smallest absolute Gasteiger partial charge is 0.362 e. The minimum absolute atomic E-state index is 0.0573. The number of esters is 2. The third kappa shape index (κ3) is 40.9. The van der Waals surface area contributed by atoms with E-state index in [-0.39, 0.29) is 36.2 Å². The second-order valence-electron chi connectivity index (χ2n) is 18.1. The predicted molar refractivity (Wildman–Crippen MR) is 252 cm³/mol. The van der Waals surface area contributed by atoms with Crippen molar-refractivity contribution in [1.82, 2.24) is 0 Å². The number of quaternary nitrogens is 1. The van der Waals surface area contributed by atoms with Crippen molar-refractivity contribution < 1.29 is 38.2 Å². The van der Waals surface area contributed by atoms with Gasteiger partial charge in [0.05, 0.1) is 34.4 Å². The van der Waals surface area contributed by atoms with Crippen LogP contribution in [0.5, 0.6) is 0 Å². The molecular weight excluding hydrogens is 751 g/mol. The highest BCUT2D eigenvalue weighted by molar-refractivity contribution is 5.72. The molecule has 0 amide bonds. The van der Waals surface area contributed by atoms with Crippen molar-refractivity contribution in [3.8, 4) is 0 Å². The van der Waals surface area contributed by atoms with Crippen molar-refractivity contribution >= 4 is 17.9 Å². The molecule has 0 aromatic carbocycles. The molecule has 0 spiro atoms. The molecule has 0 aliphatic rings. The van der Waals surface area contributed by atoms with Crippen LogP contribution in [0.25, 0.3) is 0 Å². The van der Waals surface area contributed by atoms with Crippen LogP contribution in [0, 0.1) is 0 Å². The number of hydrogen-bond donors (Lipinski definition) is 1. The molecule has 0 rings (SSSR count). The Bertz CT molecular complexity index is 1080. The van der Waals surface area contributed by atoms with E-state index >= 15 is 0 Å². The van der Waals surface area contributed by atoms with Crippen molar-refractivity contribution in [2.45, 2.75) is 238 Å². The van der Waals surface area contributed by atoms with Crippen molar-refractivity contribution in [2.75, 3.05) is 41.0 Å². The van der Waals surface area contributed by atoms with E-state index in [1.54, 1.807) is 0 Å². The topological polar surface area (TPSA) is 99.1 Å². The Hall–Kier alpha value is -2.45. The quantitative estimate of drug-likeness (QED) is 0.0282. The summed E-state index contributed by atoms with van der Waals surface area (Å²) in [4.78, 5) is 37.1. The predicted octanol–water partition coefficient (Wildman–Crippen LogP) is 14.2. The molecule has 0 fully saturated rings. The summed E-state index contributed by atoms with van der Waals surface area (Å²) >= 11 is 0. The van der Waals surface area contributed by atoms with Gasteiger partial charge in [-0.25, -0.2) is 4.79 Å². The van der Waals surface area contributed by atoms with Gasteiger partial charge in [-0.2, -0.15) is 0 Å². The fourth-order valence-electron chi connectivity index (χ4n) is 7.45. The number of hydrogen-bond acceptors (Lipinski definition) is 6. The van der Waals surface area contributed by atoms with E-state index in [1.807, 2.05) is 21.1 Å². The number of carbonyl (C=O) groups excluding carboxylic acids is 2. The average molecular weight is 847 g/mol. The Balaban J connectivity index is 4.29. The maximum absolute atomic E-state index is 12.8. The maximum atomic E-state index is 12.8. The standard InChI is InChI=1S/C52H95NO7/c1-6-8-10-12-14-16-18-20-22-24-26-28-30-32-34-36-38-40-42-50(54)59-47-48(46-58-45-44-49(52(56)57)53(3,4)5)60-51(55)43-41-39-37-35-33-31-29-27-25-23-21-19-17-15-13-11-9-7-2/h18,20,22,24,26,28,48-49H,6-17,19,21,23,25,27,29-47H2,1-5H3/p+1/b20-18+,24-22+,28-26+. The van der Waals surface area contributed by atoms with Crippen molar-refractivity contribution in [2.24, 2.45) is 0 Å². The van der Waals surface area contributed by atoms with Crippen molar-refractivity contribution in [3.05, 3.63) is 36.5 Å². The zero-order valence-corrected chi connectivity index (χ0v) is 39.9.